The van der Waals surface area contributed by atoms with Gasteiger partial charge in [0.15, 0.2) is 28.9 Å². The molecule has 1 aromatic heterocycles. The van der Waals surface area contributed by atoms with E-state index in [0.717, 1.165) is 37.9 Å². The summed E-state index contributed by atoms with van der Waals surface area (Å²) in [5.74, 6) is -1.30. The van der Waals surface area contributed by atoms with Crippen molar-refractivity contribution in [2.24, 2.45) is 0 Å². The van der Waals surface area contributed by atoms with Gasteiger partial charge < -0.3 is 29.3 Å². The van der Waals surface area contributed by atoms with Crippen LogP contribution in [0.3, 0.4) is 0 Å². The van der Waals surface area contributed by atoms with Gasteiger partial charge >= 0.3 is 0 Å². The highest BCUT2D eigenvalue weighted by Crippen LogP contribution is 2.32. The topological polar surface area (TPSA) is 75.2 Å². The monoisotopic (exact) mass is 554 g/mol. The average Bonchev–Trinajstić information content (AvgIpc) is 2.99. The van der Waals surface area contributed by atoms with E-state index in [1.54, 1.807) is 0 Å². The summed E-state index contributed by atoms with van der Waals surface area (Å²) in [6, 6.07) is 10.1. The fourth-order valence-corrected chi connectivity index (χ4v) is 5.24. The number of nitrogens with one attached hydrogen (secondary N) is 1. The molecule has 11 heteroatoms. The van der Waals surface area contributed by atoms with E-state index in [1.165, 1.54) is 58.2 Å². The summed E-state index contributed by atoms with van der Waals surface area (Å²) in [6.07, 6.45) is 5.27. The van der Waals surface area contributed by atoms with Gasteiger partial charge in [0.05, 0.1) is 32.2 Å². The minimum absolute atomic E-state index is 0.131. The van der Waals surface area contributed by atoms with E-state index in [-0.39, 0.29) is 29.4 Å². The molecule has 2 aromatic carbocycles. The van der Waals surface area contributed by atoms with Crippen LogP contribution in [0.1, 0.15) is 18.4 Å². The molecule has 2 saturated heterocycles. The quantitative estimate of drug-likeness (QED) is 0.417. The zero-order chi connectivity index (χ0) is 28.1. The standard InChI is InChI=1S/C29H36F2N6O3/c1-35-12-14-37(15-13-35)22-8-10-36(11-9-22)21-6-4-20(5-7-21)34-29-32-17-23(18-33-29)40-19-24-27(30)25(38-2)16-26(39-3)28(24)31/h4-7,16-18,22H,8-15,19H2,1-3H3,(H,32,33,34). The Morgan fingerprint density at radius 1 is 0.875 bits per heavy atom. The lowest BCUT2D eigenvalue weighted by Crippen LogP contribution is -2.52. The van der Waals surface area contributed by atoms with E-state index in [4.69, 9.17) is 14.2 Å². The van der Waals surface area contributed by atoms with Crippen LogP contribution >= 0.6 is 0 Å². The van der Waals surface area contributed by atoms with Crippen molar-refractivity contribution in [2.75, 3.05) is 70.8 Å². The van der Waals surface area contributed by atoms with Crippen LogP contribution in [-0.4, -0.2) is 86.3 Å². The number of aromatic nitrogens is 2. The van der Waals surface area contributed by atoms with Crippen LogP contribution in [-0.2, 0) is 6.61 Å². The second-order valence-electron chi connectivity index (χ2n) is 10.1. The van der Waals surface area contributed by atoms with E-state index in [2.05, 4.69) is 49.2 Å². The van der Waals surface area contributed by atoms with Crippen LogP contribution in [0, 0.1) is 11.6 Å². The smallest absolute Gasteiger partial charge is 0.227 e. The number of methoxy groups -OCH3 is 2. The first-order valence-corrected chi connectivity index (χ1v) is 13.5. The van der Waals surface area contributed by atoms with Crippen LogP contribution in [0.15, 0.2) is 42.7 Å². The second kappa shape index (κ2) is 12.6. The molecule has 2 aliphatic heterocycles. The van der Waals surface area contributed by atoms with Crippen molar-refractivity contribution in [1.29, 1.82) is 0 Å². The van der Waals surface area contributed by atoms with E-state index in [9.17, 15) is 8.78 Å². The van der Waals surface area contributed by atoms with E-state index in [0.29, 0.717) is 12.0 Å². The molecule has 5 rings (SSSR count). The molecule has 2 fully saturated rings. The van der Waals surface area contributed by atoms with Gasteiger partial charge in [-0.15, -0.1) is 0 Å². The first-order chi connectivity index (χ1) is 19.4. The Bertz CT molecular complexity index is 1230. The number of nitrogens with zero attached hydrogens (tertiary/aromatic N) is 5. The summed E-state index contributed by atoms with van der Waals surface area (Å²) in [7, 11) is 4.79. The highest BCUT2D eigenvalue weighted by Gasteiger charge is 2.27. The maximum atomic E-state index is 14.6. The van der Waals surface area contributed by atoms with Gasteiger partial charge in [-0.1, -0.05) is 0 Å². The highest BCUT2D eigenvalue weighted by molar-refractivity contribution is 5.59. The largest absolute Gasteiger partial charge is 0.494 e. The molecule has 2 aliphatic rings. The third kappa shape index (κ3) is 6.37. The summed E-state index contributed by atoms with van der Waals surface area (Å²) < 4.78 is 44.6. The molecule has 3 heterocycles. The SMILES string of the molecule is COc1cc(OC)c(F)c(COc2cnc(Nc3ccc(N4CCC(N5CCN(C)CC5)CC4)cc3)nc2)c1F. The number of ether oxygens (including phenoxy) is 3. The lowest BCUT2D eigenvalue weighted by atomic mass is 10.0. The van der Waals surface area contributed by atoms with Crippen molar-refractivity contribution in [3.05, 3.63) is 59.9 Å². The molecule has 0 unspecified atom stereocenters. The van der Waals surface area contributed by atoms with Gasteiger partial charge in [-0.05, 0) is 44.2 Å². The van der Waals surface area contributed by atoms with E-state index in [1.807, 2.05) is 12.1 Å². The Morgan fingerprint density at radius 3 is 2.05 bits per heavy atom. The molecule has 214 valence electrons. The zero-order valence-electron chi connectivity index (χ0n) is 23.2. The number of hydrogen-bond donors (Lipinski definition) is 1. The minimum Gasteiger partial charge on any atom is -0.494 e. The highest BCUT2D eigenvalue weighted by atomic mass is 19.1. The fourth-order valence-electron chi connectivity index (χ4n) is 5.24. The third-order valence-electron chi connectivity index (χ3n) is 7.68. The van der Waals surface area contributed by atoms with Crippen LogP contribution in [0.25, 0.3) is 0 Å². The van der Waals surface area contributed by atoms with Gasteiger partial charge in [-0.2, -0.15) is 0 Å². The number of halogens is 2. The zero-order valence-corrected chi connectivity index (χ0v) is 23.2. The van der Waals surface area contributed by atoms with Crippen molar-refractivity contribution in [3.63, 3.8) is 0 Å². The first kappa shape index (κ1) is 27.9. The predicted molar refractivity (Wildman–Crippen MR) is 150 cm³/mol. The molecule has 9 nitrogen and oxygen atoms in total. The number of benzene rings is 2. The van der Waals surface area contributed by atoms with Gasteiger partial charge in [0.1, 0.15) is 6.61 Å². The Hall–Kier alpha value is -3.70. The molecule has 0 amide bonds. The van der Waals surface area contributed by atoms with Crippen molar-refractivity contribution in [1.82, 2.24) is 19.8 Å². The number of anilines is 3. The van der Waals surface area contributed by atoms with Gasteiger partial charge in [0.2, 0.25) is 5.95 Å². The predicted octanol–water partition coefficient (Wildman–Crippen LogP) is 4.31. The molecule has 1 N–H and O–H groups in total. The average molecular weight is 555 g/mol. The Kier molecular flexibility index (Phi) is 8.81. The van der Waals surface area contributed by atoms with Crippen molar-refractivity contribution in [2.45, 2.75) is 25.5 Å². The molecule has 0 saturated carbocycles. The van der Waals surface area contributed by atoms with E-state index >= 15 is 0 Å². The first-order valence-electron chi connectivity index (χ1n) is 13.5. The van der Waals surface area contributed by atoms with Crippen LogP contribution in [0.4, 0.5) is 26.1 Å². The fraction of sp³-hybridized carbons (Fsp3) is 0.448. The van der Waals surface area contributed by atoms with Gasteiger partial charge in [0, 0.05) is 62.8 Å². The summed E-state index contributed by atoms with van der Waals surface area (Å²) in [6.45, 7) is 6.40. The van der Waals surface area contributed by atoms with Gasteiger partial charge in [-0.25, -0.2) is 18.7 Å². The van der Waals surface area contributed by atoms with Crippen molar-refractivity contribution >= 4 is 17.3 Å². The molecular formula is C29H36F2N6O3. The molecule has 0 radical (unpaired) electrons. The minimum atomic E-state index is -0.845. The molecular weight excluding hydrogens is 518 g/mol. The van der Waals surface area contributed by atoms with Crippen molar-refractivity contribution in [3.8, 4) is 17.2 Å². The molecule has 0 atom stereocenters. The Balaban J connectivity index is 1.13. The van der Waals surface area contributed by atoms with Gasteiger partial charge in [0.25, 0.3) is 0 Å². The summed E-state index contributed by atoms with van der Waals surface area (Å²) in [4.78, 5) is 16.0. The number of hydrogen-bond acceptors (Lipinski definition) is 9. The lowest BCUT2D eigenvalue weighted by Gasteiger charge is -2.42. The van der Waals surface area contributed by atoms with Crippen LogP contribution in [0.5, 0.6) is 17.2 Å². The molecule has 0 aliphatic carbocycles. The molecule has 0 spiro atoms. The Morgan fingerprint density at radius 2 is 1.48 bits per heavy atom. The maximum absolute atomic E-state index is 14.6. The van der Waals surface area contributed by atoms with Crippen LogP contribution in [0.2, 0.25) is 0 Å². The normalized spacial score (nSPS) is 17.1. The summed E-state index contributed by atoms with van der Waals surface area (Å²) in [5, 5.41) is 3.18. The van der Waals surface area contributed by atoms with E-state index < -0.39 is 11.6 Å². The van der Waals surface area contributed by atoms with Crippen LogP contribution < -0.4 is 24.4 Å². The van der Waals surface area contributed by atoms with Gasteiger partial charge in [-0.3, -0.25) is 4.90 Å². The second-order valence-corrected chi connectivity index (χ2v) is 10.1. The number of piperidine rings is 1. The number of likely N-dealkylation sites (N-methyl/N-ethyl adjacent to an activating group) is 1. The molecule has 0 bridgehead atoms. The summed E-state index contributed by atoms with van der Waals surface area (Å²) in [5.41, 5.74) is 1.76. The molecule has 3 aromatic rings. The number of rotatable bonds is 9. The Labute approximate surface area is 233 Å². The third-order valence-corrected chi connectivity index (χ3v) is 7.68. The number of piperazine rings is 1. The van der Waals surface area contributed by atoms with Crippen molar-refractivity contribution < 1.29 is 23.0 Å². The lowest BCUT2D eigenvalue weighted by molar-refractivity contribution is 0.0982. The molecule has 40 heavy (non-hydrogen) atoms. The maximum Gasteiger partial charge on any atom is 0.227 e. The summed E-state index contributed by atoms with van der Waals surface area (Å²) >= 11 is 0.